The molecule has 0 saturated carbocycles. The summed E-state index contributed by atoms with van der Waals surface area (Å²) in [6.45, 7) is 6.10. The van der Waals surface area contributed by atoms with Crippen LogP contribution in [0.2, 0.25) is 5.02 Å². The van der Waals surface area contributed by atoms with Crippen LogP contribution in [0.4, 0.5) is 0 Å². The highest BCUT2D eigenvalue weighted by atomic mass is 35.5. The first-order chi connectivity index (χ1) is 13.0. The molecule has 2 atom stereocenters. The number of aryl methyl sites for hydroxylation is 1. The predicted molar refractivity (Wildman–Crippen MR) is 106 cm³/mol. The van der Waals surface area contributed by atoms with Crippen LogP contribution in [-0.4, -0.2) is 16.0 Å². The summed E-state index contributed by atoms with van der Waals surface area (Å²) in [6.07, 6.45) is 0.859. The van der Waals surface area contributed by atoms with Gasteiger partial charge in [-0.2, -0.15) is 4.98 Å². The number of benzene rings is 2. The van der Waals surface area contributed by atoms with Crippen molar-refractivity contribution in [2.24, 2.45) is 5.92 Å². The molecule has 0 aliphatic carbocycles. The highest BCUT2D eigenvalue weighted by molar-refractivity contribution is 6.30. The quantitative estimate of drug-likeness (QED) is 0.633. The van der Waals surface area contributed by atoms with Gasteiger partial charge in [0.15, 0.2) is 0 Å². The Morgan fingerprint density at radius 1 is 1.15 bits per heavy atom. The topological polar surface area (TPSA) is 68.0 Å². The molecule has 2 aromatic carbocycles. The summed E-state index contributed by atoms with van der Waals surface area (Å²) in [7, 11) is 0. The van der Waals surface area contributed by atoms with Gasteiger partial charge in [-0.15, -0.1) is 0 Å². The van der Waals surface area contributed by atoms with Gasteiger partial charge in [0.05, 0.1) is 0 Å². The first-order valence-corrected chi connectivity index (χ1v) is 9.32. The van der Waals surface area contributed by atoms with E-state index in [1.165, 1.54) is 0 Å². The standard InChI is InChI=1S/C21H22ClN3O2/c1-4-14(3)18(23-20(26)16-7-5-13(2)6-8-16)21-24-19(25-27-21)15-9-11-17(22)12-10-15/h5-12,14,18H,4H2,1-3H3,(H,23,26)/t14-,18-/m1/s1. The molecular formula is C21H22ClN3O2. The molecule has 0 spiro atoms. The van der Waals surface area contributed by atoms with Gasteiger partial charge in [-0.05, 0) is 49.2 Å². The van der Waals surface area contributed by atoms with Crippen LogP contribution in [0, 0.1) is 12.8 Å². The largest absolute Gasteiger partial charge is 0.340 e. The summed E-state index contributed by atoms with van der Waals surface area (Å²) in [5, 5.41) is 7.75. The Morgan fingerprint density at radius 2 is 1.81 bits per heavy atom. The van der Waals surface area contributed by atoms with E-state index in [-0.39, 0.29) is 17.9 Å². The lowest BCUT2D eigenvalue weighted by atomic mass is 9.98. The third kappa shape index (κ3) is 4.55. The summed E-state index contributed by atoms with van der Waals surface area (Å²) < 4.78 is 5.48. The van der Waals surface area contributed by atoms with E-state index >= 15 is 0 Å². The van der Waals surface area contributed by atoms with Gasteiger partial charge in [0.1, 0.15) is 6.04 Å². The first kappa shape index (κ1) is 19.1. The van der Waals surface area contributed by atoms with Crippen molar-refractivity contribution in [1.82, 2.24) is 15.5 Å². The summed E-state index contributed by atoms with van der Waals surface area (Å²) >= 11 is 5.93. The number of carbonyl (C=O) groups excluding carboxylic acids is 1. The van der Waals surface area contributed by atoms with Crippen LogP contribution >= 0.6 is 11.6 Å². The number of halogens is 1. The van der Waals surface area contributed by atoms with Crippen LogP contribution < -0.4 is 5.32 Å². The molecule has 0 bridgehead atoms. The summed E-state index contributed by atoms with van der Waals surface area (Å²) in [5.74, 6) is 0.846. The second-order valence-electron chi connectivity index (χ2n) is 6.67. The smallest absolute Gasteiger partial charge is 0.251 e. The Bertz CT molecular complexity index is 904. The summed E-state index contributed by atoms with van der Waals surface area (Å²) in [4.78, 5) is 17.2. The molecule has 0 saturated heterocycles. The molecule has 1 N–H and O–H groups in total. The van der Waals surface area contributed by atoms with E-state index in [4.69, 9.17) is 16.1 Å². The van der Waals surface area contributed by atoms with Crippen molar-refractivity contribution in [3.05, 3.63) is 70.6 Å². The van der Waals surface area contributed by atoms with E-state index in [1.807, 2.05) is 50.2 Å². The van der Waals surface area contributed by atoms with Crippen molar-refractivity contribution in [3.8, 4) is 11.4 Å². The predicted octanol–water partition coefficient (Wildman–Crippen LogP) is 5.22. The molecule has 0 radical (unpaired) electrons. The number of hydrogen-bond acceptors (Lipinski definition) is 4. The van der Waals surface area contributed by atoms with Crippen molar-refractivity contribution in [3.63, 3.8) is 0 Å². The number of hydrogen-bond donors (Lipinski definition) is 1. The summed E-state index contributed by atoms with van der Waals surface area (Å²) in [5.41, 5.74) is 2.52. The molecule has 1 heterocycles. The molecule has 5 nitrogen and oxygen atoms in total. The Morgan fingerprint density at radius 3 is 2.44 bits per heavy atom. The van der Waals surface area contributed by atoms with Gasteiger partial charge in [0, 0.05) is 16.1 Å². The van der Waals surface area contributed by atoms with Crippen LogP contribution in [0.3, 0.4) is 0 Å². The second-order valence-corrected chi connectivity index (χ2v) is 7.10. The third-order valence-electron chi connectivity index (χ3n) is 4.62. The Kier molecular flexibility index (Phi) is 5.91. The van der Waals surface area contributed by atoms with Crippen molar-refractivity contribution in [2.45, 2.75) is 33.2 Å². The molecule has 27 heavy (non-hydrogen) atoms. The minimum Gasteiger partial charge on any atom is -0.340 e. The third-order valence-corrected chi connectivity index (χ3v) is 4.88. The van der Waals surface area contributed by atoms with E-state index in [9.17, 15) is 4.79 Å². The molecule has 1 amide bonds. The molecule has 0 unspecified atom stereocenters. The maximum Gasteiger partial charge on any atom is 0.251 e. The van der Waals surface area contributed by atoms with Gasteiger partial charge in [0.25, 0.3) is 5.91 Å². The highest BCUT2D eigenvalue weighted by Gasteiger charge is 2.26. The maximum atomic E-state index is 12.7. The number of aromatic nitrogens is 2. The summed E-state index contributed by atoms with van der Waals surface area (Å²) in [6, 6.07) is 14.3. The zero-order valence-electron chi connectivity index (χ0n) is 15.6. The number of nitrogens with zero attached hydrogens (tertiary/aromatic N) is 2. The minimum atomic E-state index is -0.364. The van der Waals surface area contributed by atoms with E-state index in [0.29, 0.717) is 22.3 Å². The fourth-order valence-electron chi connectivity index (χ4n) is 2.69. The highest BCUT2D eigenvalue weighted by Crippen LogP contribution is 2.26. The number of amides is 1. The molecular weight excluding hydrogens is 362 g/mol. The van der Waals surface area contributed by atoms with Crippen LogP contribution in [0.25, 0.3) is 11.4 Å². The van der Waals surface area contributed by atoms with Crippen LogP contribution in [0.15, 0.2) is 53.1 Å². The maximum absolute atomic E-state index is 12.7. The molecule has 1 aromatic heterocycles. The van der Waals surface area contributed by atoms with E-state index in [2.05, 4.69) is 22.4 Å². The van der Waals surface area contributed by atoms with Crippen molar-refractivity contribution >= 4 is 17.5 Å². The number of carbonyl (C=O) groups is 1. The van der Waals surface area contributed by atoms with E-state index < -0.39 is 0 Å². The lowest BCUT2D eigenvalue weighted by Crippen LogP contribution is -2.32. The Labute approximate surface area is 163 Å². The molecule has 0 aliphatic rings. The normalized spacial score (nSPS) is 13.2. The number of nitrogens with one attached hydrogen (secondary N) is 1. The fraction of sp³-hybridized carbons (Fsp3) is 0.286. The van der Waals surface area contributed by atoms with Gasteiger partial charge < -0.3 is 9.84 Å². The van der Waals surface area contributed by atoms with Crippen LogP contribution in [0.5, 0.6) is 0 Å². The van der Waals surface area contributed by atoms with Gasteiger partial charge >= 0.3 is 0 Å². The monoisotopic (exact) mass is 383 g/mol. The van der Waals surface area contributed by atoms with Crippen LogP contribution in [0.1, 0.15) is 48.1 Å². The molecule has 3 rings (SSSR count). The van der Waals surface area contributed by atoms with Gasteiger partial charge in [-0.25, -0.2) is 0 Å². The van der Waals surface area contributed by atoms with Crippen molar-refractivity contribution in [2.75, 3.05) is 0 Å². The first-order valence-electron chi connectivity index (χ1n) is 8.95. The van der Waals surface area contributed by atoms with Crippen molar-refractivity contribution < 1.29 is 9.32 Å². The number of rotatable bonds is 6. The average Bonchev–Trinajstić information content (AvgIpc) is 3.16. The second kappa shape index (κ2) is 8.35. The SMILES string of the molecule is CC[C@@H](C)[C@@H](NC(=O)c1ccc(C)cc1)c1nc(-c2ccc(Cl)cc2)no1. The molecule has 0 fully saturated rings. The molecule has 0 aliphatic heterocycles. The lowest BCUT2D eigenvalue weighted by Gasteiger charge is -2.20. The van der Waals surface area contributed by atoms with E-state index in [0.717, 1.165) is 17.5 Å². The molecule has 140 valence electrons. The zero-order valence-corrected chi connectivity index (χ0v) is 16.3. The van der Waals surface area contributed by atoms with Gasteiger partial charge in [-0.3, -0.25) is 4.79 Å². The Balaban J connectivity index is 1.83. The molecule has 6 heteroatoms. The van der Waals surface area contributed by atoms with Crippen LogP contribution in [-0.2, 0) is 0 Å². The zero-order chi connectivity index (χ0) is 19.4. The Hall–Kier alpha value is -2.66. The van der Waals surface area contributed by atoms with E-state index in [1.54, 1.807) is 12.1 Å². The average molecular weight is 384 g/mol. The minimum absolute atomic E-state index is 0.137. The lowest BCUT2D eigenvalue weighted by molar-refractivity contribution is 0.0910. The van der Waals surface area contributed by atoms with Crippen molar-refractivity contribution in [1.29, 1.82) is 0 Å². The molecule has 3 aromatic rings. The van der Waals surface area contributed by atoms with Gasteiger partial charge in [0.2, 0.25) is 11.7 Å². The fourth-order valence-corrected chi connectivity index (χ4v) is 2.82. The van der Waals surface area contributed by atoms with Gasteiger partial charge in [-0.1, -0.05) is 54.7 Å².